The Labute approximate surface area is 235 Å². The van der Waals surface area contributed by atoms with Gasteiger partial charge in [0.05, 0.1) is 6.61 Å². The highest BCUT2D eigenvalue weighted by atomic mass is 19.1. The van der Waals surface area contributed by atoms with Crippen LogP contribution in [0.3, 0.4) is 0 Å². The molecular weight excluding hydrogens is 505 g/mol. The molecular formula is C33H38FN3O3. The SMILES string of the molecule is CCOc1ccc(CN(CCc2c[nH]c3ccccc23)C(=O)CN(Cc2ccc(F)cc2)C(=O)C(C)CC)cc1. The van der Waals surface area contributed by atoms with Gasteiger partial charge < -0.3 is 19.5 Å². The summed E-state index contributed by atoms with van der Waals surface area (Å²) >= 11 is 0. The summed E-state index contributed by atoms with van der Waals surface area (Å²) in [5.41, 5.74) is 3.96. The molecule has 4 rings (SSSR count). The monoisotopic (exact) mass is 543 g/mol. The van der Waals surface area contributed by atoms with Gasteiger partial charge in [-0.3, -0.25) is 9.59 Å². The van der Waals surface area contributed by atoms with Gasteiger partial charge in [0.1, 0.15) is 18.1 Å². The molecule has 3 aromatic carbocycles. The molecule has 1 heterocycles. The molecule has 0 spiro atoms. The molecule has 1 aromatic heterocycles. The molecule has 4 aromatic rings. The van der Waals surface area contributed by atoms with Crippen molar-refractivity contribution in [3.05, 3.63) is 102 Å². The zero-order valence-corrected chi connectivity index (χ0v) is 23.5. The van der Waals surface area contributed by atoms with Gasteiger partial charge in [0.2, 0.25) is 11.8 Å². The summed E-state index contributed by atoms with van der Waals surface area (Å²) in [6.07, 6.45) is 3.34. The zero-order chi connectivity index (χ0) is 28.5. The molecule has 2 amide bonds. The number of hydrogen-bond acceptors (Lipinski definition) is 3. The number of aromatic nitrogens is 1. The number of carbonyl (C=O) groups excluding carboxylic acids is 2. The van der Waals surface area contributed by atoms with Gasteiger partial charge in [-0.2, -0.15) is 0 Å². The lowest BCUT2D eigenvalue weighted by atomic mass is 10.1. The van der Waals surface area contributed by atoms with Crippen molar-refractivity contribution in [3.63, 3.8) is 0 Å². The third-order valence-corrected chi connectivity index (χ3v) is 7.24. The molecule has 40 heavy (non-hydrogen) atoms. The highest BCUT2D eigenvalue weighted by Gasteiger charge is 2.25. The number of ether oxygens (including phenoxy) is 1. The average molecular weight is 544 g/mol. The first kappa shape index (κ1) is 28.9. The molecule has 0 bridgehead atoms. The van der Waals surface area contributed by atoms with E-state index in [4.69, 9.17) is 4.74 Å². The molecule has 210 valence electrons. The van der Waals surface area contributed by atoms with Crippen molar-refractivity contribution in [1.82, 2.24) is 14.8 Å². The van der Waals surface area contributed by atoms with E-state index < -0.39 is 0 Å². The molecule has 1 atom stereocenters. The van der Waals surface area contributed by atoms with Crippen LogP contribution < -0.4 is 4.74 Å². The number of halogens is 1. The second kappa shape index (κ2) is 13.8. The molecule has 0 fully saturated rings. The van der Waals surface area contributed by atoms with E-state index in [1.807, 2.05) is 74.3 Å². The lowest BCUT2D eigenvalue weighted by molar-refractivity contribution is -0.143. The van der Waals surface area contributed by atoms with E-state index in [2.05, 4.69) is 11.1 Å². The molecule has 0 aliphatic heterocycles. The highest BCUT2D eigenvalue weighted by molar-refractivity contribution is 5.86. The number of fused-ring (bicyclic) bond motifs is 1. The number of amides is 2. The van der Waals surface area contributed by atoms with Gasteiger partial charge in [-0.25, -0.2) is 4.39 Å². The van der Waals surface area contributed by atoms with Crippen LogP contribution in [-0.4, -0.2) is 46.3 Å². The molecule has 1 N–H and O–H groups in total. The van der Waals surface area contributed by atoms with Gasteiger partial charge in [0.25, 0.3) is 0 Å². The van der Waals surface area contributed by atoms with Gasteiger partial charge in [0, 0.05) is 42.7 Å². The Kier molecular flexibility index (Phi) is 9.95. The summed E-state index contributed by atoms with van der Waals surface area (Å²) in [6.45, 7) is 7.46. The minimum Gasteiger partial charge on any atom is -0.494 e. The number of benzene rings is 3. The van der Waals surface area contributed by atoms with Crippen molar-refractivity contribution in [1.29, 1.82) is 0 Å². The Morgan fingerprint density at radius 1 is 0.900 bits per heavy atom. The summed E-state index contributed by atoms with van der Waals surface area (Å²) in [5.74, 6) is 0.00956. The van der Waals surface area contributed by atoms with Crippen molar-refractivity contribution in [3.8, 4) is 5.75 Å². The fraction of sp³-hybridized carbons (Fsp3) is 0.333. The fourth-order valence-corrected chi connectivity index (χ4v) is 4.74. The van der Waals surface area contributed by atoms with E-state index in [9.17, 15) is 14.0 Å². The number of nitrogens with zero attached hydrogens (tertiary/aromatic N) is 2. The normalized spacial score (nSPS) is 11.8. The Hall–Kier alpha value is -4.13. The smallest absolute Gasteiger partial charge is 0.242 e. The number of rotatable bonds is 13. The third-order valence-electron chi connectivity index (χ3n) is 7.24. The summed E-state index contributed by atoms with van der Waals surface area (Å²) in [5, 5.41) is 1.14. The number of aromatic amines is 1. The van der Waals surface area contributed by atoms with Crippen LogP contribution in [0.2, 0.25) is 0 Å². The van der Waals surface area contributed by atoms with Crippen LogP contribution in [0.25, 0.3) is 10.9 Å². The number of carbonyl (C=O) groups is 2. The minimum absolute atomic E-state index is 0.0501. The Morgan fingerprint density at radius 3 is 2.23 bits per heavy atom. The lowest BCUT2D eigenvalue weighted by Crippen LogP contribution is -2.44. The molecule has 0 saturated heterocycles. The van der Waals surface area contributed by atoms with Crippen LogP contribution in [0.1, 0.15) is 43.9 Å². The van der Waals surface area contributed by atoms with Crippen molar-refractivity contribution >= 4 is 22.7 Å². The first-order valence-electron chi connectivity index (χ1n) is 14.0. The first-order chi connectivity index (χ1) is 19.4. The second-order valence-electron chi connectivity index (χ2n) is 10.1. The van der Waals surface area contributed by atoms with Gasteiger partial charge in [-0.05, 0) is 66.8 Å². The fourth-order valence-electron chi connectivity index (χ4n) is 4.74. The van der Waals surface area contributed by atoms with E-state index >= 15 is 0 Å². The Bertz CT molecular complexity index is 1400. The van der Waals surface area contributed by atoms with Crippen molar-refractivity contribution in [2.24, 2.45) is 5.92 Å². The number of para-hydroxylation sites is 1. The maximum atomic E-state index is 13.8. The van der Waals surface area contributed by atoms with Crippen LogP contribution in [0.15, 0.2) is 79.0 Å². The van der Waals surface area contributed by atoms with Crippen LogP contribution in [0, 0.1) is 11.7 Å². The van der Waals surface area contributed by atoms with Gasteiger partial charge >= 0.3 is 0 Å². The number of H-pyrrole nitrogens is 1. The molecule has 0 radical (unpaired) electrons. The maximum absolute atomic E-state index is 13.8. The van der Waals surface area contributed by atoms with Crippen molar-refractivity contribution < 1.29 is 18.7 Å². The van der Waals surface area contributed by atoms with Crippen LogP contribution in [-0.2, 0) is 29.1 Å². The number of nitrogens with one attached hydrogen (secondary N) is 1. The largest absolute Gasteiger partial charge is 0.494 e. The zero-order valence-electron chi connectivity index (χ0n) is 23.5. The van der Waals surface area contributed by atoms with E-state index in [1.165, 1.54) is 12.1 Å². The van der Waals surface area contributed by atoms with Gasteiger partial charge in [0.15, 0.2) is 0 Å². The van der Waals surface area contributed by atoms with Crippen LogP contribution in [0.4, 0.5) is 4.39 Å². The molecule has 7 heteroatoms. The summed E-state index contributed by atoms with van der Waals surface area (Å²) in [7, 11) is 0. The topological polar surface area (TPSA) is 65.6 Å². The van der Waals surface area contributed by atoms with E-state index in [0.29, 0.717) is 32.5 Å². The van der Waals surface area contributed by atoms with Crippen molar-refractivity contribution in [2.75, 3.05) is 19.7 Å². The quantitative estimate of drug-likeness (QED) is 0.214. The lowest BCUT2D eigenvalue weighted by Gasteiger charge is -2.29. The van der Waals surface area contributed by atoms with E-state index in [-0.39, 0.29) is 36.6 Å². The van der Waals surface area contributed by atoms with Crippen LogP contribution >= 0.6 is 0 Å². The predicted octanol–water partition coefficient (Wildman–Crippen LogP) is 6.35. The summed E-state index contributed by atoms with van der Waals surface area (Å²) in [6, 6.07) is 22.0. The molecule has 0 saturated carbocycles. The van der Waals surface area contributed by atoms with Gasteiger partial charge in [-0.1, -0.05) is 56.3 Å². The highest BCUT2D eigenvalue weighted by Crippen LogP contribution is 2.20. The molecule has 6 nitrogen and oxygen atoms in total. The van der Waals surface area contributed by atoms with E-state index in [0.717, 1.165) is 33.3 Å². The van der Waals surface area contributed by atoms with Crippen molar-refractivity contribution in [2.45, 2.75) is 46.7 Å². The average Bonchev–Trinajstić information content (AvgIpc) is 3.39. The standard InChI is InChI=1S/C33H38FN3O3/c1-4-24(3)33(39)37(22-25-10-14-28(34)15-11-25)23-32(38)36(21-26-12-16-29(17-13-26)40-5-2)19-18-27-20-35-31-9-7-6-8-30(27)31/h6-17,20,24,35H,4-5,18-19,21-23H2,1-3H3. The Balaban J connectivity index is 1.55. The Morgan fingerprint density at radius 2 is 1.55 bits per heavy atom. The third kappa shape index (κ3) is 7.50. The summed E-state index contributed by atoms with van der Waals surface area (Å²) < 4.78 is 19.1. The second-order valence-corrected chi connectivity index (χ2v) is 10.1. The predicted molar refractivity (Wildman–Crippen MR) is 156 cm³/mol. The first-order valence-corrected chi connectivity index (χ1v) is 14.0. The molecule has 1 unspecified atom stereocenters. The van der Waals surface area contributed by atoms with Gasteiger partial charge in [-0.15, -0.1) is 0 Å². The molecule has 0 aliphatic carbocycles. The minimum atomic E-state index is -0.335. The number of hydrogen-bond donors (Lipinski definition) is 1. The van der Waals surface area contributed by atoms with Crippen LogP contribution in [0.5, 0.6) is 5.75 Å². The maximum Gasteiger partial charge on any atom is 0.242 e. The molecule has 0 aliphatic rings. The summed E-state index contributed by atoms with van der Waals surface area (Å²) in [4.78, 5) is 33.9. The van der Waals surface area contributed by atoms with E-state index in [1.54, 1.807) is 17.0 Å².